The Morgan fingerprint density at radius 1 is 0.571 bits per heavy atom. The van der Waals surface area contributed by atoms with Crippen molar-refractivity contribution in [2.24, 2.45) is 0 Å². The molecule has 0 fully saturated rings. The molecule has 0 spiro atoms. The van der Waals surface area contributed by atoms with Crippen LogP contribution in [0, 0.1) is 0 Å². The third kappa shape index (κ3) is 12.5. The standard InChI is InChI=1S/C13H27.Al/c1-3-5-7-9-11-13-12-10-8-6-4-2;/h1,3-13H2,2H3;/q;+2. The molecule has 0 atom stereocenters. The van der Waals surface area contributed by atoms with Crippen molar-refractivity contribution in [3.63, 3.8) is 0 Å². The van der Waals surface area contributed by atoms with Crippen molar-refractivity contribution in [3.8, 4) is 0 Å². The average Bonchev–Trinajstić information content (AvgIpc) is 2.21. The molecular formula is C13H27Al+2. The second-order valence-corrected chi connectivity index (χ2v) is 4.90. The van der Waals surface area contributed by atoms with E-state index in [1.165, 1.54) is 75.9 Å². The summed E-state index contributed by atoms with van der Waals surface area (Å²) < 4.78 is 0. The van der Waals surface area contributed by atoms with Gasteiger partial charge in [0.05, 0.1) is 0 Å². The number of unbranched alkanes of at least 4 members (excludes halogenated alkanes) is 10. The maximum absolute atomic E-state index is 2.81. The molecule has 14 heavy (non-hydrogen) atoms. The molecule has 0 aliphatic carbocycles. The zero-order valence-corrected chi connectivity index (χ0v) is 11.2. The summed E-state index contributed by atoms with van der Waals surface area (Å²) in [7, 11) is 0. The molecule has 0 aliphatic heterocycles. The van der Waals surface area contributed by atoms with Crippen LogP contribution in [0.25, 0.3) is 0 Å². The van der Waals surface area contributed by atoms with Gasteiger partial charge in [-0.3, -0.25) is 0 Å². The van der Waals surface area contributed by atoms with Crippen LogP contribution in [0.1, 0.15) is 77.6 Å². The maximum atomic E-state index is 2.81. The van der Waals surface area contributed by atoms with Crippen molar-refractivity contribution in [2.45, 2.75) is 82.8 Å². The van der Waals surface area contributed by atoms with Gasteiger partial charge >= 0.3 is 92.2 Å². The van der Waals surface area contributed by atoms with Gasteiger partial charge < -0.3 is 0 Å². The molecule has 0 aromatic rings. The van der Waals surface area contributed by atoms with Gasteiger partial charge in [0, 0.05) is 0 Å². The van der Waals surface area contributed by atoms with Crippen LogP contribution in [0.3, 0.4) is 0 Å². The minimum absolute atomic E-state index is 1.29. The number of hydrogen-bond acceptors (Lipinski definition) is 0. The van der Waals surface area contributed by atoms with Crippen molar-refractivity contribution in [2.75, 3.05) is 0 Å². The Morgan fingerprint density at radius 3 is 1.29 bits per heavy atom. The van der Waals surface area contributed by atoms with Crippen LogP contribution in [0.4, 0.5) is 0 Å². The normalized spacial score (nSPS) is 10.8. The molecule has 0 saturated heterocycles. The predicted octanol–water partition coefficient (Wildman–Crippen LogP) is 4.88. The van der Waals surface area contributed by atoms with E-state index < -0.39 is 0 Å². The molecule has 80 valence electrons. The molecule has 0 amide bonds. The number of hydrogen-bond donors (Lipinski definition) is 0. The van der Waals surface area contributed by atoms with E-state index in [1.807, 2.05) is 0 Å². The SMILES string of the molecule is CCCCCCCCCCCC[CH2][Al+2]. The van der Waals surface area contributed by atoms with Crippen LogP contribution < -0.4 is 0 Å². The Kier molecular flexibility index (Phi) is 14.0. The molecule has 0 rings (SSSR count). The van der Waals surface area contributed by atoms with Crippen molar-refractivity contribution in [1.29, 1.82) is 0 Å². The van der Waals surface area contributed by atoms with Gasteiger partial charge in [0.1, 0.15) is 0 Å². The summed E-state index contributed by atoms with van der Waals surface area (Å²) in [6.45, 7) is 2.28. The van der Waals surface area contributed by atoms with Crippen LogP contribution in [0.2, 0.25) is 5.28 Å². The molecule has 0 saturated carbocycles. The Hall–Kier alpha value is 0.532. The van der Waals surface area contributed by atoms with Crippen molar-refractivity contribution >= 4 is 16.3 Å². The second-order valence-electron chi connectivity index (χ2n) is 4.32. The zero-order valence-electron chi connectivity index (χ0n) is 10.1. The van der Waals surface area contributed by atoms with Gasteiger partial charge in [-0.1, -0.05) is 6.92 Å². The van der Waals surface area contributed by atoms with E-state index >= 15 is 0 Å². The Bertz CT molecular complexity index is 79.2. The molecule has 0 N–H and O–H groups in total. The Labute approximate surface area is 99.3 Å². The van der Waals surface area contributed by atoms with Crippen LogP contribution in [0.5, 0.6) is 0 Å². The topological polar surface area (TPSA) is 0 Å². The molecule has 0 nitrogen and oxygen atoms in total. The van der Waals surface area contributed by atoms with E-state index in [0.29, 0.717) is 0 Å². The second kappa shape index (κ2) is 13.5. The molecule has 0 bridgehead atoms. The third-order valence-electron chi connectivity index (χ3n) is 2.81. The fourth-order valence-corrected chi connectivity index (χ4v) is 2.10. The molecule has 0 unspecified atom stereocenters. The fraction of sp³-hybridized carbons (Fsp3) is 1.00. The fourth-order valence-electron chi connectivity index (χ4n) is 1.81. The van der Waals surface area contributed by atoms with E-state index in [9.17, 15) is 0 Å². The third-order valence-corrected chi connectivity index (χ3v) is 3.22. The molecule has 0 aromatic heterocycles. The number of rotatable bonds is 11. The summed E-state index contributed by atoms with van der Waals surface area (Å²) in [6.07, 6.45) is 16.0. The zero-order chi connectivity index (χ0) is 10.5. The van der Waals surface area contributed by atoms with Gasteiger partial charge in [-0.05, 0) is 0 Å². The predicted molar refractivity (Wildman–Crippen MR) is 67.0 cm³/mol. The van der Waals surface area contributed by atoms with Gasteiger partial charge in [0.25, 0.3) is 0 Å². The van der Waals surface area contributed by atoms with Gasteiger partial charge in [-0.15, -0.1) is 0 Å². The summed E-state index contributed by atoms with van der Waals surface area (Å²) in [5.74, 6) is 0. The van der Waals surface area contributed by atoms with Crippen molar-refractivity contribution in [3.05, 3.63) is 0 Å². The van der Waals surface area contributed by atoms with Gasteiger partial charge in [0.2, 0.25) is 0 Å². The van der Waals surface area contributed by atoms with E-state index in [2.05, 4.69) is 23.2 Å². The summed E-state index contributed by atoms with van der Waals surface area (Å²) in [6, 6.07) is 0. The van der Waals surface area contributed by atoms with Crippen molar-refractivity contribution < 1.29 is 0 Å². The monoisotopic (exact) mass is 210 g/mol. The molecule has 0 radical (unpaired) electrons. The molecule has 0 heterocycles. The summed E-state index contributed by atoms with van der Waals surface area (Å²) in [5, 5.41) is 1.29. The van der Waals surface area contributed by atoms with E-state index in [1.54, 1.807) is 0 Å². The van der Waals surface area contributed by atoms with Crippen LogP contribution in [-0.2, 0) is 0 Å². The molecular weight excluding hydrogens is 183 g/mol. The molecule has 0 aromatic carbocycles. The summed E-state index contributed by atoms with van der Waals surface area (Å²) in [4.78, 5) is 0. The van der Waals surface area contributed by atoms with E-state index in [-0.39, 0.29) is 0 Å². The first kappa shape index (κ1) is 14.5. The van der Waals surface area contributed by atoms with Crippen molar-refractivity contribution in [1.82, 2.24) is 0 Å². The van der Waals surface area contributed by atoms with Crippen LogP contribution in [-0.4, -0.2) is 16.3 Å². The Balaban J connectivity index is 2.78. The first-order valence-electron chi connectivity index (χ1n) is 6.62. The van der Waals surface area contributed by atoms with Crippen LogP contribution in [0.15, 0.2) is 0 Å². The van der Waals surface area contributed by atoms with Gasteiger partial charge in [-0.2, -0.15) is 0 Å². The quantitative estimate of drug-likeness (QED) is 0.336. The van der Waals surface area contributed by atoms with Gasteiger partial charge in [0.15, 0.2) is 0 Å². The first-order valence-corrected chi connectivity index (χ1v) is 7.43. The summed E-state index contributed by atoms with van der Waals surface area (Å²) >= 11 is 2.81. The minimum atomic E-state index is 1.29. The average molecular weight is 210 g/mol. The van der Waals surface area contributed by atoms with E-state index in [0.717, 1.165) is 0 Å². The van der Waals surface area contributed by atoms with E-state index in [4.69, 9.17) is 0 Å². The molecule has 0 aliphatic rings. The summed E-state index contributed by atoms with van der Waals surface area (Å²) in [5.41, 5.74) is 0. The molecule has 1 heteroatoms. The first-order chi connectivity index (χ1) is 6.91. The van der Waals surface area contributed by atoms with Crippen LogP contribution >= 0.6 is 0 Å². The Morgan fingerprint density at radius 2 is 0.929 bits per heavy atom. The van der Waals surface area contributed by atoms with Gasteiger partial charge in [-0.25, -0.2) is 0 Å².